The lowest BCUT2D eigenvalue weighted by Gasteiger charge is -2.17. The van der Waals surface area contributed by atoms with E-state index < -0.39 is 6.10 Å². The maximum Gasteiger partial charge on any atom is 0.0908 e. The molecule has 0 heterocycles. The predicted octanol–water partition coefficient (Wildman–Crippen LogP) is 3.60. The molecule has 0 aromatic rings. The summed E-state index contributed by atoms with van der Waals surface area (Å²) in [4.78, 5) is 0. The first-order valence-electron chi connectivity index (χ1n) is 6.56. The number of hydrogen-bond donors (Lipinski definition) is 1. The van der Waals surface area contributed by atoms with E-state index >= 15 is 0 Å². The van der Waals surface area contributed by atoms with E-state index in [4.69, 9.17) is 16.3 Å². The van der Waals surface area contributed by atoms with E-state index in [9.17, 15) is 5.11 Å². The maximum absolute atomic E-state index is 9.26. The van der Waals surface area contributed by atoms with E-state index in [1.54, 1.807) is 0 Å². The van der Waals surface area contributed by atoms with E-state index in [2.05, 4.69) is 13.8 Å². The average molecular weight is 251 g/mol. The van der Waals surface area contributed by atoms with Gasteiger partial charge in [0.2, 0.25) is 0 Å². The number of halogens is 1. The smallest absolute Gasteiger partial charge is 0.0908 e. The fourth-order valence-corrected chi connectivity index (χ4v) is 1.91. The van der Waals surface area contributed by atoms with Crippen molar-refractivity contribution >= 4 is 11.6 Å². The number of aliphatic hydroxyl groups excluding tert-OH is 1. The van der Waals surface area contributed by atoms with E-state index in [1.165, 1.54) is 38.5 Å². The van der Waals surface area contributed by atoms with Gasteiger partial charge in [0.15, 0.2) is 0 Å². The second-order valence-corrected chi connectivity index (χ2v) is 4.80. The Morgan fingerprint density at radius 3 is 2.38 bits per heavy atom. The van der Waals surface area contributed by atoms with Crippen LogP contribution in [0.5, 0.6) is 0 Å². The largest absolute Gasteiger partial charge is 0.389 e. The Kier molecular flexibility index (Phi) is 11.8. The van der Waals surface area contributed by atoms with Crippen molar-refractivity contribution < 1.29 is 9.84 Å². The van der Waals surface area contributed by atoms with Gasteiger partial charge in [0.05, 0.1) is 18.6 Å². The van der Waals surface area contributed by atoms with Crippen molar-refractivity contribution in [2.45, 2.75) is 58.5 Å². The lowest BCUT2D eigenvalue weighted by Crippen LogP contribution is -2.20. The standard InChI is InChI=1S/C13H27ClO2/c1-3-5-6-8-12(7-4-2)10-16-11-13(15)9-14/h12-13,15H,3-11H2,1-2H3. The third-order valence-corrected chi connectivity index (χ3v) is 3.11. The Morgan fingerprint density at radius 2 is 1.81 bits per heavy atom. The van der Waals surface area contributed by atoms with E-state index in [1.807, 2.05) is 0 Å². The highest BCUT2D eigenvalue weighted by Gasteiger charge is 2.09. The van der Waals surface area contributed by atoms with Crippen LogP contribution in [0.15, 0.2) is 0 Å². The lowest BCUT2D eigenvalue weighted by atomic mass is 9.97. The third kappa shape index (κ3) is 9.44. The van der Waals surface area contributed by atoms with Gasteiger partial charge in [0.1, 0.15) is 0 Å². The van der Waals surface area contributed by atoms with Crippen molar-refractivity contribution in [1.29, 1.82) is 0 Å². The highest BCUT2D eigenvalue weighted by Crippen LogP contribution is 2.16. The van der Waals surface area contributed by atoms with Gasteiger partial charge in [0, 0.05) is 6.61 Å². The number of unbranched alkanes of at least 4 members (excludes halogenated alkanes) is 2. The summed E-state index contributed by atoms with van der Waals surface area (Å²) in [6, 6.07) is 0. The summed E-state index contributed by atoms with van der Waals surface area (Å²) < 4.78 is 5.50. The first-order valence-corrected chi connectivity index (χ1v) is 7.09. The minimum Gasteiger partial charge on any atom is -0.389 e. The molecule has 0 saturated carbocycles. The molecule has 0 aliphatic carbocycles. The molecule has 3 heteroatoms. The maximum atomic E-state index is 9.26. The van der Waals surface area contributed by atoms with E-state index in [0.29, 0.717) is 12.5 Å². The number of ether oxygens (including phenoxy) is 1. The molecule has 0 rings (SSSR count). The summed E-state index contributed by atoms with van der Waals surface area (Å²) >= 11 is 5.50. The Bertz CT molecular complexity index is 142. The Balaban J connectivity index is 3.58. The summed E-state index contributed by atoms with van der Waals surface area (Å²) in [6.07, 6.45) is 7.04. The highest BCUT2D eigenvalue weighted by molar-refractivity contribution is 6.18. The van der Waals surface area contributed by atoms with Crippen LogP contribution in [0.3, 0.4) is 0 Å². The molecule has 98 valence electrons. The zero-order valence-electron chi connectivity index (χ0n) is 10.8. The third-order valence-electron chi connectivity index (χ3n) is 2.75. The molecule has 0 aromatic carbocycles. The SMILES string of the molecule is CCCCCC(CCC)COCC(O)CCl. The fourth-order valence-electron chi connectivity index (χ4n) is 1.82. The van der Waals surface area contributed by atoms with Gasteiger partial charge in [-0.05, 0) is 18.8 Å². The molecular weight excluding hydrogens is 224 g/mol. The molecule has 0 saturated heterocycles. The van der Waals surface area contributed by atoms with Gasteiger partial charge in [-0.25, -0.2) is 0 Å². The molecule has 0 radical (unpaired) electrons. The van der Waals surface area contributed by atoms with Crippen molar-refractivity contribution in [3.8, 4) is 0 Å². The van der Waals surface area contributed by atoms with Crippen LogP contribution >= 0.6 is 11.6 Å². The first kappa shape index (κ1) is 16.2. The van der Waals surface area contributed by atoms with Gasteiger partial charge in [-0.2, -0.15) is 0 Å². The Hall–Kier alpha value is 0.210. The Labute approximate surface area is 105 Å². The molecule has 0 aliphatic rings. The molecule has 1 N–H and O–H groups in total. The molecular formula is C13H27ClO2. The second kappa shape index (κ2) is 11.7. The Morgan fingerprint density at radius 1 is 1.06 bits per heavy atom. The summed E-state index contributed by atoms with van der Waals surface area (Å²) in [5, 5.41) is 9.26. The van der Waals surface area contributed by atoms with Crippen molar-refractivity contribution in [2.75, 3.05) is 19.1 Å². The molecule has 0 aliphatic heterocycles. The number of aliphatic hydroxyl groups is 1. The minimum absolute atomic E-state index is 0.258. The van der Waals surface area contributed by atoms with Crippen LogP contribution in [-0.2, 0) is 4.74 Å². The summed E-state index contributed by atoms with van der Waals surface area (Å²) in [7, 11) is 0. The van der Waals surface area contributed by atoms with Crippen LogP contribution < -0.4 is 0 Å². The van der Waals surface area contributed by atoms with E-state index in [-0.39, 0.29) is 5.88 Å². The van der Waals surface area contributed by atoms with Crippen LogP contribution in [0.1, 0.15) is 52.4 Å². The second-order valence-electron chi connectivity index (χ2n) is 4.50. The van der Waals surface area contributed by atoms with Gasteiger partial charge < -0.3 is 9.84 Å². The van der Waals surface area contributed by atoms with Crippen LogP contribution in [0.4, 0.5) is 0 Å². The molecule has 0 bridgehead atoms. The van der Waals surface area contributed by atoms with Gasteiger partial charge >= 0.3 is 0 Å². The quantitative estimate of drug-likeness (QED) is 0.449. The summed E-state index contributed by atoms with van der Waals surface area (Å²) in [6.45, 7) is 5.57. The van der Waals surface area contributed by atoms with Gasteiger partial charge in [0.25, 0.3) is 0 Å². The van der Waals surface area contributed by atoms with Crippen molar-refractivity contribution in [3.63, 3.8) is 0 Å². The minimum atomic E-state index is -0.514. The first-order chi connectivity index (χ1) is 7.74. The van der Waals surface area contributed by atoms with E-state index in [0.717, 1.165) is 6.61 Å². The van der Waals surface area contributed by atoms with Crippen LogP contribution in [0.25, 0.3) is 0 Å². The van der Waals surface area contributed by atoms with Crippen LogP contribution in [-0.4, -0.2) is 30.3 Å². The molecule has 2 unspecified atom stereocenters. The molecule has 16 heavy (non-hydrogen) atoms. The van der Waals surface area contributed by atoms with Crippen LogP contribution in [0, 0.1) is 5.92 Å². The molecule has 2 atom stereocenters. The van der Waals surface area contributed by atoms with Crippen LogP contribution in [0.2, 0.25) is 0 Å². The summed E-state index contributed by atoms with van der Waals surface area (Å²) in [5.74, 6) is 0.910. The highest BCUT2D eigenvalue weighted by atomic mass is 35.5. The number of rotatable bonds is 11. The normalized spacial score (nSPS) is 15.0. The van der Waals surface area contributed by atoms with Gasteiger partial charge in [-0.3, -0.25) is 0 Å². The van der Waals surface area contributed by atoms with Crippen molar-refractivity contribution in [3.05, 3.63) is 0 Å². The molecule has 0 spiro atoms. The number of hydrogen-bond acceptors (Lipinski definition) is 2. The zero-order chi connectivity index (χ0) is 12.2. The molecule has 0 aromatic heterocycles. The van der Waals surface area contributed by atoms with Crippen molar-refractivity contribution in [2.24, 2.45) is 5.92 Å². The van der Waals surface area contributed by atoms with Gasteiger partial charge in [-0.1, -0.05) is 39.5 Å². The summed E-state index contributed by atoms with van der Waals surface area (Å²) in [5.41, 5.74) is 0. The molecule has 0 fully saturated rings. The van der Waals surface area contributed by atoms with Crippen molar-refractivity contribution in [1.82, 2.24) is 0 Å². The zero-order valence-corrected chi connectivity index (χ0v) is 11.5. The predicted molar refractivity (Wildman–Crippen MR) is 70.1 cm³/mol. The number of alkyl halides is 1. The monoisotopic (exact) mass is 250 g/mol. The lowest BCUT2D eigenvalue weighted by molar-refractivity contribution is 0.0273. The fraction of sp³-hybridized carbons (Fsp3) is 1.00. The molecule has 2 nitrogen and oxygen atoms in total. The topological polar surface area (TPSA) is 29.5 Å². The average Bonchev–Trinajstić information content (AvgIpc) is 2.29. The molecule has 0 amide bonds. The van der Waals surface area contributed by atoms with Gasteiger partial charge in [-0.15, -0.1) is 11.6 Å².